The highest BCUT2D eigenvalue weighted by Gasteiger charge is 2.20. The van der Waals surface area contributed by atoms with Crippen molar-refractivity contribution in [2.24, 2.45) is 7.05 Å². The first-order chi connectivity index (χ1) is 8.74. The molecule has 5 nitrogen and oxygen atoms in total. The van der Waals surface area contributed by atoms with Crippen molar-refractivity contribution in [1.82, 2.24) is 15.1 Å². The topological polar surface area (TPSA) is 48.3 Å². The molecular weight excluding hydrogens is 230 g/mol. The predicted molar refractivity (Wildman–Crippen MR) is 71.9 cm³/mol. The molecular formula is C13H25N3O2. The third-order valence-corrected chi connectivity index (χ3v) is 2.77. The lowest BCUT2D eigenvalue weighted by atomic mass is 10.2. The molecule has 18 heavy (non-hydrogen) atoms. The van der Waals surface area contributed by atoms with E-state index < -0.39 is 0 Å². The first kappa shape index (κ1) is 15.0. The van der Waals surface area contributed by atoms with E-state index in [-0.39, 0.29) is 6.04 Å². The summed E-state index contributed by atoms with van der Waals surface area (Å²) in [7, 11) is 3.60. The second kappa shape index (κ2) is 8.11. The van der Waals surface area contributed by atoms with Gasteiger partial charge in [-0.15, -0.1) is 0 Å². The molecule has 1 atom stereocenters. The fraction of sp³-hybridized carbons (Fsp3) is 0.769. The SMILES string of the molecule is CCCNC(COCCC)c1c(OC)cnn1C. The highest BCUT2D eigenvalue weighted by atomic mass is 16.5. The molecule has 0 aliphatic rings. The maximum Gasteiger partial charge on any atom is 0.161 e. The highest BCUT2D eigenvalue weighted by Crippen LogP contribution is 2.24. The maximum absolute atomic E-state index is 5.66. The van der Waals surface area contributed by atoms with E-state index in [1.807, 2.05) is 11.7 Å². The minimum absolute atomic E-state index is 0.124. The van der Waals surface area contributed by atoms with Gasteiger partial charge in [-0.05, 0) is 19.4 Å². The van der Waals surface area contributed by atoms with Gasteiger partial charge < -0.3 is 14.8 Å². The summed E-state index contributed by atoms with van der Waals surface area (Å²) in [6.45, 7) is 6.64. The summed E-state index contributed by atoms with van der Waals surface area (Å²) in [5.74, 6) is 0.811. The minimum atomic E-state index is 0.124. The quantitative estimate of drug-likeness (QED) is 0.685. The van der Waals surface area contributed by atoms with E-state index in [0.717, 1.165) is 37.4 Å². The van der Waals surface area contributed by atoms with E-state index in [1.165, 1.54) is 0 Å². The predicted octanol–water partition coefficient (Wildman–Crippen LogP) is 1.90. The van der Waals surface area contributed by atoms with Crippen molar-refractivity contribution in [3.8, 4) is 5.75 Å². The van der Waals surface area contributed by atoms with E-state index in [9.17, 15) is 0 Å². The van der Waals surface area contributed by atoms with Crippen LogP contribution in [0.3, 0.4) is 0 Å². The van der Waals surface area contributed by atoms with Crippen LogP contribution in [0.1, 0.15) is 38.4 Å². The number of aromatic nitrogens is 2. The molecule has 0 fully saturated rings. The van der Waals surface area contributed by atoms with Crippen LogP contribution in [-0.2, 0) is 11.8 Å². The highest BCUT2D eigenvalue weighted by molar-refractivity contribution is 5.28. The molecule has 104 valence electrons. The third kappa shape index (κ3) is 3.99. The Morgan fingerprint density at radius 2 is 2.17 bits per heavy atom. The van der Waals surface area contributed by atoms with E-state index in [4.69, 9.17) is 9.47 Å². The first-order valence-electron chi connectivity index (χ1n) is 6.61. The molecule has 1 unspecified atom stereocenters. The van der Waals surface area contributed by atoms with Crippen LogP contribution in [0.15, 0.2) is 6.20 Å². The summed E-state index contributed by atoms with van der Waals surface area (Å²) in [6, 6.07) is 0.124. The van der Waals surface area contributed by atoms with Crippen molar-refractivity contribution in [3.63, 3.8) is 0 Å². The Labute approximate surface area is 109 Å². The average molecular weight is 255 g/mol. The van der Waals surface area contributed by atoms with Gasteiger partial charge in [-0.1, -0.05) is 13.8 Å². The van der Waals surface area contributed by atoms with Gasteiger partial charge in [0.25, 0.3) is 0 Å². The van der Waals surface area contributed by atoms with Crippen LogP contribution in [0, 0.1) is 0 Å². The van der Waals surface area contributed by atoms with Crippen molar-refractivity contribution in [3.05, 3.63) is 11.9 Å². The number of aryl methyl sites for hydroxylation is 1. The molecule has 0 aromatic carbocycles. The van der Waals surface area contributed by atoms with Gasteiger partial charge in [0, 0.05) is 13.7 Å². The number of methoxy groups -OCH3 is 1. The Bertz CT molecular complexity index is 339. The minimum Gasteiger partial charge on any atom is -0.493 e. The fourth-order valence-electron chi connectivity index (χ4n) is 1.88. The third-order valence-electron chi connectivity index (χ3n) is 2.77. The van der Waals surface area contributed by atoms with Crippen LogP contribution in [0.4, 0.5) is 0 Å². The molecule has 1 aromatic heterocycles. The second-order valence-corrected chi connectivity index (χ2v) is 4.30. The van der Waals surface area contributed by atoms with E-state index in [2.05, 4.69) is 24.3 Å². The average Bonchev–Trinajstić information content (AvgIpc) is 2.75. The first-order valence-corrected chi connectivity index (χ1v) is 6.61. The number of nitrogens with zero attached hydrogens (tertiary/aromatic N) is 2. The monoisotopic (exact) mass is 255 g/mol. The molecule has 5 heteroatoms. The standard InChI is InChI=1S/C13H25N3O2/c1-5-7-14-11(10-18-8-6-2)13-12(17-4)9-15-16(13)3/h9,11,14H,5-8,10H2,1-4H3. The van der Waals surface area contributed by atoms with E-state index in [0.29, 0.717) is 6.61 Å². The molecule has 0 amide bonds. The molecule has 0 aliphatic carbocycles. The van der Waals surface area contributed by atoms with Crippen molar-refractivity contribution in [1.29, 1.82) is 0 Å². The molecule has 1 heterocycles. The van der Waals surface area contributed by atoms with Crippen LogP contribution < -0.4 is 10.1 Å². The zero-order valence-electron chi connectivity index (χ0n) is 11.9. The van der Waals surface area contributed by atoms with Crippen LogP contribution in [0.5, 0.6) is 5.75 Å². The molecule has 0 spiro atoms. The Morgan fingerprint density at radius 1 is 1.39 bits per heavy atom. The van der Waals surface area contributed by atoms with Gasteiger partial charge >= 0.3 is 0 Å². The lowest BCUT2D eigenvalue weighted by Crippen LogP contribution is -2.28. The van der Waals surface area contributed by atoms with Crippen molar-refractivity contribution < 1.29 is 9.47 Å². The largest absolute Gasteiger partial charge is 0.493 e. The Morgan fingerprint density at radius 3 is 2.78 bits per heavy atom. The summed E-state index contributed by atoms with van der Waals surface area (Å²) in [4.78, 5) is 0. The summed E-state index contributed by atoms with van der Waals surface area (Å²) in [5.41, 5.74) is 1.04. The molecule has 0 radical (unpaired) electrons. The van der Waals surface area contributed by atoms with Crippen LogP contribution in [0.25, 0.3) is 0 Å². The second-order valence-electron chi connectivity index (χ2n) is 4.30. The fourth-order valence-corrected chi connectivity index (χ4v) is 1.88. The van der Waals surface area contributed by atoms with Gasteiger partial charge in [0.1, 0.15) is 0 Å². The van der Waals surface area contributed by atoms with Gasteiger partial charge in [0.2, 0.25) is 0 Å². The van der Waals surface area contributed by atoms with Gasteiger partial charge in [-0.25, -0.2) is 0 Å². The Kier molecular flexibility index (Phi) is 6.75. The Balaban J connectivity index is 2.75. The summed E-state index contributed by atoms with van der Waals surface area (Å²) < 4.78 is 12.9. The van der Waals surface area contributed by atoms with Gasteiger partial charge in [0.05, 0.1) is 31.6 Å². The van der Waals surface area contributed by atoms with E-state index >= 15 is 0 Å². The number of rotatable bonds is 9. The molecule has 0 aliphatic heterocycles. The summed E-state index contributed by atoms with van der Waals surface area (Å²) in [5, 5.41) is 7.72. The van der Waals surface area contributed by atoms with Crippen molar-refractivity contribution in [2.75, 3.05) is 26.9 Å². The van der Waals surface area contributed by atoms with Crippen LogP contribution >= 0.6 is 0 Å². The lowest BCUT2D eigenvalue weighted by molar-refractivity contribution is 0.109. The van der Waals surface area contributed by atoms with Crippen LogP contribution in [-0.4, -0.2) is 36.6 Å². The van der Waals surface area contributed by atoms with Crippen molar-refractivity contribution >= 4 is 0 Å². The zero-order valence-corrected chi connectivity index (χ0v) is 11.9. The number of ether oxygens (including phenoxy) is 2. The lowest BCUT2D eigenvalue weighted by Gasteiger charge is -2.20. The molecule has 1 N–H and O–H groups in total. The van der Waals surface area contributed by atoms with Crippen molar-refractivity contribution in [2.45, 2.75) is 32.7 Å². The number of nitrogens with one attached hydrogen (secondary N) is 1. The number of hydrogen-bond acceptors (Lipinski definition) is 4. The number of hydrogen-bond donors (Lipinski definition) is 1. The van der Waals surface area contributed by atoms with Crippen LogP contribution in [0.2, 0.25) is 0 Å². The smallest absolute Gasteiger partial charge is 0.161 e. The molecule has 0 saturated heterocycles. The molecule has 1 rings (SSSR count). The summed E-state index contributed by atoms with van der Waals surface area (Å²) in [6.07, 6.45) is 3.86. The maximum atomic E-state index is 5.66. The summed E-state index contributed by atoms with van der Waals surface area (Å²) >= 11 is 0. The molecule has 0 bridgehead atoms. The zero-order chi connectivity index (χ0) is 13.4. The Hall–Kier alpha value is -1.07. The molecule has 1 aromatic rings. The van der Waals surface area contributed by atoms with Gasteiger partial charge in [-0.3, -0.25) is 4.68 Å². The van der Waals surface area contributed by atoms with E-state index in [1.54, 1.807) is 13.3 Å². The molecule has 0 saturated carbocycles. The van der Waals surface area contributed by atoms with Gasteiger partial charge in [0.15, 0.2) is 5.75 Å². The normalized spacial score (nSPS) is 12.7. The van der Waals surface area contributed by atoms with Gasteiger partial charge in [-0.2, -0.15) is 5.10 Å².